The molecule has 82 valence electrons. The summed E-state index contributed by atoms with van der Waals surface area (Å²) in [6.07, 6.45) is 0.847. The van der Waals surface area contributed by atoms with E-state index in [1.165, 1.54) is 0 Å². The van der Waals surface area contributed by atoms with Crippen molar-refractivity contribution in [2.75, 3.05) is 17.2 Å². The maximum atomic E-state index is 11.8. The number of carbonyl (C=O) groups is 1. The standard InChI is InChI=1S/C10H16N4O/c1-4-7-5-11-9-8(12-10(7)15)6(2)13-14(9)3/h7,11H,4-5H2,1-3H3,(H,12,15). The van der Waals surface area contributed by atoms with E-state index in [0.717, 1.165) is 23.6 Å². The summed E-state index contributed by atoms with van der Waals surface area (Å²) < 4.78 is 1.77. The third-order valence-electron chi connectivity index (χ3n) is 2.85. The first-order valence-electron chi connectivity index (χ1n) is 5.21. The average Bonchev–Trinajstić information content (AvgIpc) is 2.37. The molecule has 0 radical (unpaired) electrons. The summed E-state index contributed by atoms with van der Waals surface area (Å²) in [5, 5.41) is 10.4. The van der Waals surface area contributed by atoms with E-state index >= 15 is 0 Å². The van der Waals surface area contributed by atoms with Gasteiger partial charge in [0.1, 0.15) is 11.5 Å². The zero-order valence-electron chi connectivity index (χ0n) is 9.29. The van der Waals surface area contributed by atoms with Crippen LogP contribution in [0.15, 0.2) is 0 Å². The van der Waals surface area contributed by atoms with Gasteiger partial charge in [-0.05, 0) is 13.3 Å². The van der Waals surface area contributed by atoms with Crippen LogP contribution in [-0.2, 0) is 11.8 Å². The Hall–Kier alpha value is -1.52. The summed E-state index contributed by atoms with van der Waals surface area (Å²) >= 11 is 0. The van der Waals surface area contributed by atoms with Crippen LogP contribution in [-0.4, -0.2) is 22.2 Å². The monoisotopic (exact) mass is 208 g/mol. The first-order valence-corrected chi connectivity index (χ1v) is 5.21. The number of amides is 1. The molecular weight excluding hydrogens is 192 g/mol. The second-order valence-corrected chi connectivity index (χ2v) is 3.91. The summed E-state index contributed by atoms with van der Waals surface area (Å²) in [7, 11) is 1.87. The van der Waals surface area contributed by atoms with Crippen LogP contribution in [0.1, 0.15) is 19.0 Å². The average molecular weight is 208 g/mol. The smallest absolute Gasteiger partial charge is 0.229 e. The van der Waals surface area contributed by atoms with E-state index in [4.69, 9.17) is 0 Å². The molecule has 0 aromatic carbocycles. The van der Waals surface area contributed by atoms with Crippen LogP contribution < -0.4 is 10.6 Å². The molecule has 1 amide bonds. The van der Waals surface area contributed by atoms with Gasteiger partial charge in [0, 0.05) is 13.6 Å². The van der Waals surface area contributed by atoms with Crippen molar-refractivity contribution in [2.45, 2.75) is 20.3 Å². The Labute approximate surface area is 88.8 Å². The zero-order chi connectivity index (χ0) is 11.0. The molecule has 2 rings (SSSR count). The predicted octanol–water partition coefficient (Wildman–Crippen LogP) is 1.12. The van der Waals surface area contributed by atoms with Crippen molar-refractivity contribution < 1.29 is 4.79 Å². The molecule has 2 N–H and O–H groups in total. The Bertz CT molecular complexity index is 396. The topological polar surface area (TPSA) is 59.0 Å². The summed E-state index contributed by atoms with van der Waals surface area (Å²) in [5.74, 6) is 1.02. The molecule has 1 atom stereocenters. The number of nitrogens with one attached hydrogen (secondary N) is 2. The highest BCUT2D eigenvalue weighted by Crippen LogP contribution is 2.28. The molecule has 0 saturated carbocycles. The van der Waals surface area contributed by atoms with E-state index in [2.05, 4.69) is 15.7 Å². The van der Waals surface area contributed by atoms with Gasteiger partial charge in [0.25, 0.3) is 0 Å². The van der Waals surface area contributed by atoms with Gasteiger partial charge in [-0.3, -0.25) is 9.48 Å². The molecule has 5 heteroatoms. The van der Waals surface area contributed by atoms with Gasteiger partial charge in [0.15, 0.2) is 0 Å². The van der Waals surface area contributed by atoms with Crippen molar-refractivity contribution in [1.29, 1.82) is 0 Å². The fourth-order valence-corrected chi connectivity index (χ4v) is 1.88. The predicted molar refractivity (Wildman–Crippen MR) is 58.8 cm³/mol. The molecule has 0 aliphatic carbocycles. The zero-order valence-corrected chi connectivity index (χ0v) is 9.29. The molecule has 0 bridgehead atoms. The van der Waals surface area contributed by atoms with Crippen molar-refractivity contribution >= 4 is 17.4 Å². The molecule has 1 aliphatic rings. The van der Waals surface area contributed by atoms with Gasteiger partial charge in [-0.25, -0.2) is 0 Å². The first kappa shape index (κ1) is 10.0. The molecule has 15 heavy (non-hydrogen) atoms. The molecule has 0 fully saturated rings. The second-order valence-electron chi connectivity index (χ2n) is 3.91. The Morgan fingerprint density at radius 1 is 1.60 bits per heavy atom. The first-order chi connectivity index (χ1) is 7.13. The highest BCUT2D eigenvalue weighted by molar-refractivity contribution is 5.97. The van der Waals surface area contributed by atoms with Crippen LogP contribution in [0.3, 0.4) is 0 Å². The highest BCUT2D eigenvalue weighted by Gasteiger charge is 2.25. The lowest BCUT2D eigenvalue weighted by Crippen LogP contribution is -2.25. The van der Waals surface area contributed by atoms with Gasteiger partial charge in [0.05, 0.1) is 11.6 Å². The lowest BCUT2D eigenvalue weighted by Gasteiger charge is -2.10. The Balaban J connectivity index is 2.36. The summed E-state index contributed by atoms with van der Waals surface area (Å²) in [5.41, 5.74) is 1.67. The number of hydrogen-bond acceptors (Lipinski definition) is 3. The van der Waals surface area contributed by atoms with Crippen molar-refractivity contribution in [2.24, 2.45) is 13.0 Å². The van der Waals surface area contributed by atoms with Crippen molar-refractivity contribution in [3.05, 3.63) is 5.69 Å². The number of aryl methyl sites for hydroxylation is 2. The largest absolute Gasteiger partial charge is 0.368 e. The van der Waals surface area contributed by atoms with E-state index < -0.39 is 0 Å². The van der Waals surface area contributed by atoms with E-state index in [9.17, 15) is 4.79 Å². The number of nitrogens with zero attached hydrogens (tertiary/aromatic N) is 2. The molecule has 2 heterocycles. The minimum atomic E-state index is 0.0387. The van der Waals surface area contributed by atoms with Crippen LogP contribution in [0.2, 0.25) is 0 Å². The SMILES string of the molecule is CCC1CNc2c(c(C)nn2C)NC1=O. The van der Waals surface area contributed by atoms with Crippen molar-refractivity contribution in [1.82, 2.24) is 9.78 Å². The molecule has 1 aliphatic heterocycles. The van der Waals surface area contributed by atoms with Gasteiger partial charge in [0.2, 0.25) is 5.91 Å². The number of aromatic nitrogens is 2. The minimum Gasteiger partial charge on any atom is -0.368 e. The number of carbonyl (C=O) groups excluding carboxylic acids is 1. The van der Waals surface area contributed by atoms with Crippen LogP contribution in [0.4, 0.5) is 11.5 Å². The lowest BCUT2D eigenvalue weighted by molar-refractivity contribution is -0.119. The molecule has 1 aromatic heterocycles. The number of rotatable bonds is 1. The fraction of sp³-hybridized carbons (Fsp3) is 0.600. The molecule has 0 spiro atoms. The Kier molecular flexibility index (Phi) is 2.38. The van der Waals surface area contributed by atoms with Gasteiger partial charge in [-0.15, -0.1) is 0 Å². The van der Waals surface area contributed by atoms with E-state index in [1.54, 1.807) is 4.68 Å². The van der Waals surface area contributed by atoms with Crippen LogP contribution in [0.5, 0.6) is 0 Å². The minimum absolute atomic E-state index is 0.0387. The maximum absolute atomic E-state index is 11.8. The number of anilines is 2. The second kappa shape index (κ2) is 3.56. The maximum Gasteiger partial charge on any atom is 0.229 e. The Morgan fingerprint density at radius 2 is 2.33 bits per heavy atom. The molecular formula is C10H16N4O. The summed E-state index contributed by atoms with van der Waals surface area (Å²) in [4.78, 5) is 11.8. The number of hydrogen-bond donors (Lipinski definition) is 2. The molecule has 1 aromatic rings. The lowest BCUT2D eigenvalue weighted by atomic mass is 10.1. The van der Waals surface area contributed by atoms with E-state index in [1.807, 2.05) is 20.9 Å². The van der Waals surface area contributed by atoms with Crippen molar-refractivity contribution in [3.8, 4) is 0 Å². The fourth-order valence-electron chi connectivity index (χ4n) is 1.88. The third kappa shape index (κ3) is 1.58. The molecule has 0 saturated heterocycles. The summed E-state index contributed by atoms with van der Waals surface area (Å²) in [6, 6.07) is 0. The van der Waals surface area contributed by atoms with Gasteiger partial charge < -0.3 is 10.6 Å². The molecule has 1 unspecified atom stereocenters. The van der Waals surface area contributed by atoms with Crippen molar-refractivity contribution in [3.63, 3.8) is 0 Å². The van der Waals surface area contributed by atoms with Crippen LogP contribution in [0.25, 0.3) is 0 Å². The Morgan fingerprint density at radius 3 is 3.00 bits per heavy atom. The third-order valence-corrected chi connectivity index (χ3v) is 2.85. The normalized spacial score (nSPS) is 20.2. The summed E-state index contributed by atoms with van der Waals surface area (Å²) in [6.45, 7) is 4.59. The van der Waals surface area contributed by atoms with Gasteiger partial charge in [-0.2, -0.15) is 5.10 Å². The van der Waals surface area contributed by atoms with Gasteiger partial charge >= 0.3 is 0 Å². The quantitative estimate of drug-likeness (QED) is 0.727. The van der Waals surface area contributed by atoms with Crippen LogP contribution in [0, 0.1) is 12.8 Å². The van der Waals surface area contributed by atoms with E-state index in [0.29, 0.717) is 6.54 Å². The van der Waals surface area contributed by atoms with E-state index in [-0.39, 0.29) is 11.8 Å². The number of fused-ring (bicyclic) bond motifs is 1. The van der Waals surface area contributed by atoms with Gasteiger partial charge in [-0.1, -0.05) is 6.92 Å². The molecule has 5 nitrogen and oxygen atoms in total. The van der Waals surface area contributed by atoms with Crippen LogP contribution >= 0.6 is 0 Å². The highest BCUT2D eigenvalue weighted by atomic mass is 16.2.